The lowest BCUT2D eigenvalue weighted by Crippen LogP contribution is -2.42. The zero-order valence-corrected chi connectivity index (χ0v) is 20.8. The molecule has 0 saturated carbocycles. The van der Waals surface area contributed by atoms with Crippen LogP contribution in [0.3, 0.4) is 0 Å². The quantitative estimate of drug-likeness (QED) is 0.270. The number of benzene rings is 1. The summed E-state index contributed by atoms with van der Waals surface area (Å²) in [6.07, 6.45) is 1.46. The van der Waals surface area contributed by atoms with Crippen LogP contribution >= 0.6 is 47.2 Å². The average Bonchev–Trinajstić information content (AvgIpc) is 3.31. The van der Waals surface area contributed by atoms with E-state index in [2.05, 4.69) is 25.8 Å². The summed E-state index contributed by atoms with van der Waals surface area (Å²) < 4.78 is 7.55. The van der Waals surface area contributed by atoms with Gasteiger partial charge in [-0.1, -0.05) is 23.2 Å². The summed E-state index contributed by atoms with van der Waals surface area (Å²) in [4.78, 5) is 4.58. The summed E-state index contributed by atoms with van der Waals surface area (Å²) in [5, 5.41) is 26.1. The number of nitrogens with one attached hydrogen (secondary N) is 2. The second kappa shape index (κ2) is 12.0. The van der Waals surface area contributed by atoms with Gasteiger partial charge >= 0.3 is 0 Å². The van der Waals surface area contributed by atoms with Crippen LogP contribution in [0.1, 0.15) is 36.2 Å². The van der Waals surface area contributed by atoms with Crippen molar-refractivity contribution >= 4 is 53.1 Å². The van der Waals surface area contributed by atoms with Crippen molar-refractivity contribution in [2.45, 2.75) is 38.5 Å². The van der Waals surface area contributed by atoms with Crippen LogP contribution in [0.5, 0.6) is 0 Å². The summed E-state index contributed by atoms with van der Waals surface area (Å²) >= 11 is 12.1. The van der Waals surface area contributed by atoms with Crippen LogP contribution in [-0.2, 0) is 18.3 Å². The number of ether oxygens (including phenoxy) is 1. The Morgan fingerprint density at radius 1 is 1.30 bits per heavy atom. The van der Waals surface area contributed by atoms with E-state index in [1.807, 2.05) is 18.5 Å². The fourth-order valence-corrected chi connectivity index (χ4v) is 3.55. The molecule has 0 amide bonds. The molecular weight excluding hydrogens is 542 g/mol. The standard InChI is InChI=1S/C19H26Cl2N6O2.HI/c1-12-25-26-18(27(12)2)11-24-19(22-9-16-4-3-5-29-16)23-10-17(28)13-6-14(20)8-15(21)7-13;/h6-8,16-17,28H,3-5,9-11H2,1-2H3,(H2,22,23,24);1H. The molecule has 1 aliphatic rings. The number of aliphatic hydroxyl groups excluding tert-OH is 1. The maximum Gasteiger partial charge on any atom is 0.191 e. The van der Waals surface area contributed by atoms with Crippen LogP contribution in [0.4, 0.5) is 0 Å². The maximum absolute atomic E-state index is 10.5. The number of hydrogen-bond acceptors (Lipinski definition) is 5. The van der Waals surface area contributed by atoms with E-state index in [9.17, 15) is 5.11 Å². The first-order valence-electron chi connectivity index (χ1n) is 9.55. The fourth-order valence-electron chi connectivity index (χ4n) is 3.01. The van der Waals surface area contributed by atoms with E-state index in [1.54, 1.807) is 18.2 Å². The minimum atomic E-state index is -0.794. The number of aromatic nitrogens is 3. The van der Waals surface area contributed by atoms with E-state index >= 15 is 0 Å². The van der Waals surface area contributed by atoms with Crippen molar-refractivity contribution in [3.8, 4) is 0 Å². The summed E-state index contributed by atoms with van der Waals surface area (Å²) in [7, 11) is 1.90. The van der Waals surface area contributed by atoms with Crippen molar-refractivity contribution in [2.24, 2.45) is 12.0 Å². The van der Waals surface area contributed by atoms with Crippen LogP contribution < -0.4 is 10.6 Å². The van der Waals surface area contributed by atoms with Gasteiger partial charge in [-0.3, -0.25) is 0 Å². The minimum Gasteiger partial charge on any atom is -0.387 e. The largest absolute Gasteiger partial charge is 0.387 e. The summed E-state index contributed by atoms with van der Waals surface area (Å²) in [6.45, 7) is 3.92. The number of halogens is 3. The lowest BCUT2D eigenvalue weighted by Gasteiger charge is -2.18. The molecule has 1 aliphatic heterocycles. The number of rotatable bonds is 7. The Balaban J connectivity index is 0.00000320. The Morgan fingerprint density at radius 3 is 2.63 bits per heavy atom. The van der Waals surface area contributed by atoms with Gasteiger partial charge in [0, 0.05) is 36.8 Å². The average molecular weight is 569 g/mol. The molecule has 0 aliphatic carbocycles. The van der Waals surface area contributed by atoms with Gasteiger partial charge in [-0.05, 0) is 43.5 Å². The van der Waals surface area contributed by atoms with Crippen molar-refractivity contribution in [2.75, 3.05) is 19.7 Å². The molecule has 0 bridgehead atoms. The molecule has 1 fully saturated rings. The molecule has 3 rings (SSSR count). The smallest absolute Gasteiger partial charge is 0.191 e. The first kappa shape index (κ1) is 25.1. The zero-order chi connectivity index (χ0) is 20.8. The molecule has 2 unspecified atom stereocenters. The summed E-state index contributed by atoms with van der Waals surface area (Å²) in [6, 6.07) is 5.02. The molecule has 1 aromatic heterocycles. The first-order valence-corrected chi connectivity index (χ1v) is 10.3. The monoisotopic (exact) mass is 568 g/mol. The van der Waals surface area contributed by atoms with Crippen molar-refractivity contribution in [3.63, 3.8) is 0 Å². The molecule has 166 valence electrons. The highest BCUT2D eigenvalue weighted by atomic mass is 127. The molecule has 3 N–H and O–H groups in total. The molecular formula is C19H27Cl2IN6O2. The van der Waals surface area contributed by atoms with Gasteiger partial charge in [-0.2, -0.15) is 0 Å². The molecule has 2 aromatic rings. The van der Waals surface area contributed by atoms with E-state index in [-0.39, 0.29) is 36.6 Å². The van der Waals surface area contributed by atoms with Crippen LogP contribution in [-0.4, -0.2) is 51.6 Å². The normalized spacial score (nSPS) is 17.5. The van der Waals surface area contributed by atoms with Crippen LogP contribution in [0.25, 0.3) is 0 Å². The highest BCUT2D eigenvalue weighted by Crippen LogP contribution is 2.23. The number of aryl methyl sites for hydroxylation is 1. The number of nitrogens with zero attached hydrogens (tertiary/aromatic N) is 4. The van der Waals surface area contributed by atoms with Gasteiger partial charge < -0.3 is 25.0 Å². The molecule has 11 heteroatoms. The summed E-state index contributed by atoms with van der Waals surface area (Å²) in [5.41, 5.74) is 0.636. The van der Waals surface area contributed by atoms with Crippen LogP contribution in [0, 0.1) is 6.92 Å². The lowest BCUT2D eigenvalue weighted by molar-refractivity contribution is 0.113. The molecule has 2 heterocycles. The maximum atomic E-state index is 10.5. The van der Waals surface area contributed by atoms with Gasteiger partial charge in [0.15, 0.2) is 11.8 Å². The third kappa shape index (κ3) is 7.23. The number of hydrogen-bond donors (Lipinski definition) is 3. The van der Waals surface area contributed by atoms with Crippen molar-refractivity contribution in [3.05, 3.63) is 45.5 Å². The summed E-state index contributed by atoms with van der Waals surface area (Å²) in [5.74, 6) is 2.14. The van der Waals surface area contributed by atoms with Crippen LogP contribution in [0.2, 0.25) is 10.0 Å². The third-order valence-electron chi connectivity index (χ3n) is 4.82. The first-order chi connectivity index (χ1) is 13.9. The molecule has 8 nitrogen and oxygen atoms in total. The van der Waals surface area contributed by atoms with E-state index in [4.69, 9.17) is 27.9 Å². The highest BCUT2D eigenvalue weighted by Gasteiger charge is 2.17. The van der Waals surface area contributed by atoms with Gasteiger partial charge in [0.2, 0.25) is 0 Å². The Labute approximate surface area is 203 Å². The van der Waals surface area contributed by atoms with Gasteiger partial charge in [-0.15, -0.1) is 34.2 Å². The topological polar surface area (TPSA) is 96.6 Å². The predicted octanol–water partition coefficient (Wildman–Crippen LogP) is 3.00. The fraction of sp³-hybridized carbons (Fsp3) is 0.526. The molecule has 30 heavy (non-hydrogen) atoms. The number of aliphatic hydroxyl groups is 1. The van der Waals surface area contributed by atoms with Gasteiger partial charge in [0.25, 0.3) is 0 Å². The Morgan fingerprint density at radius 2 is 2.03 bits per heavy atom. The van der Waals surface area contributed by atoms with Crippen molar-refractivity contribution in [1.82, 2.24) is 25.4 Å². The number of aliphatic imine (C=N–C) groups is 1. The lowest BCUT2D eigenvalue weighted by atomic mass is 10.1. The Bertz CT molecular complexity index is 837. The molecule has 1 saturated heterocycles. The molecule has 0 radical (unpaired) electrons. The van der Waals surface area contributed by atoms with Crippen molar-refractivity contribution in [1.29, 1.82) is 0 Å². The highest BCUT2D eigenvalue weighted by molar-refractivity contribution is 14.0. The molecule has 2 atom stereocenters. The Hall–Kier alpha value is -1.14. The van der Waals surface area contributed by atoms with E-state index in [0.29, 0.717) is 34.7 Å². The van der Waals surface area contributed by atoms with Crippen LogP contribution in [0.15, 0.2) is 23.2 Å². The molecule has 0 spiro atoms. The zero-order valence-electron chi connectivity index (χ0n) is 16.9. The predicted molar refractivity (Wildman–Crippen MR) is 129 cm³/mol. The Kier molecular flexibility index (Phi) is 10.1. The molecule has 1 aromatic carbocycles. The SMILES string of the molecule is Cc1nnc(CN=C(NCC2CCCO2)NCC(O)c2cc(Cl)cc(Cl)c2)n1C.I. The van der Waals surface area contributed by atoms with E-state index in [1.165, 1.54) is 0 Å². The van der Waals surface area contributed by atoms with Gasteiger partial charge in [0.1, 0.15) is 12.4 Å². The second-order valence-corrected chi connectivity index (χ2v) is 7.88. The number of guanidine groups is 1. The third-order valence-corrected chi connectivity index (χ3v) is 5.25. The van der Waals surface area contributed by atoms with Crippen molar-refractivity contribution < 1.29 is 9.84 Å². The van der Waals surface area contributed by atoms with Gasteiger partial charge in [-0.25, -0.2) is 4.99 Å². The van der Waals surface area contributed by atoms with E-state index in [0.717, 1.165) is 31.1 Å². The van der Waals surface area contributed by atoms with Gasteiger partial charge in [0.05, 0.1) is 12.2 Å². The minimum absolute atomic E-state index is 0. The van der Waals surface area contributed by atoms with E-state index < -0.39 is 6.10 Å². The second-order valence-electron chi connectivity index (χ2n) is 7.00.